The number of carbonyl (C=O) groups is 2. The third-order valence-electron chi connectivity index (χ3n) is 3.79. The number of benzene rings is 2. The van der Waals surface area contributed by atoms with Crippen molar-refractivity contribution in [2.45, 2.75) is 11.0 Å². The largest absolute Gasteiger partial charge is 0.504 e. The fraction of sp³-hybridized carbons (Fsp3) is 0.125. The molecule has 6 nitrogen and oxygen atoms in total. The Morgan fingerprint density at radius 2 is 1.83 bits per heavy atom. The van der Waals surface area contributed by atoms with Crippen molar-refractivity contribution < 1.29 is 24.9 Å². The molecule has 1 aliphatic heterocycles. The van der Waals surface area contributed by atoms with E-state index in [-0.39, 0.29) is 11.1 Å². The summed E-state index contributed by atoms with van der Waals surface area (Å²) in [7, 11) is 0. The Balaban J connectivity index is 2.02. The molecular formula is C16H12ClNO5. The molecule has 2 atom stereocenters. The number of rotatable bonds is 3. The molecule has 0 aliphatic carbocycles. The number of hydrogen-bond donors (Lipinski definition) is 4. The summed E-state index contributed by atoms with van der Waals surface area (Å²) in [6, 6.07) is 9.78. The minimum atomic E-state index is -2.22. The first-order chi connectivity index (χ1) is 10.9. The predicted octanol–water partition coefficient (Wildman–Crippen LogP) is 1.73. The summed E-state index contributed by atoms with van der Waals surface area (Å²) in [6.07, 6.45) is 0. The number of aromatic hydroxyl groups is 2. The maximum Gasteiger partial charge on any atom is 0.263 e. The number of Topliss-reactive ketones (excluding diaryl/α,β-unsaturated/α-hetero) is 1. The van der Waals surface area contributed by atoms with Gasteiger partial charge in [0.05, 0.1) is 0 Å². The summed E-state index contributed by atoms with van der Waals surface area (Å²) in [6.45, 7) is 0. The quantitative estimate of drug-likeness (QED) is 0.389. The van der Waals surface area contributed by atoms with Crippen LogP contribution in [0, 0.1) is 0 Å². The molecule has 0 saturated heterocycles. The van der Waals surface area contributed by atoms with Crippen LogP contribution in [-0.2, 0) is 10.4 Å². The van der Waals surface area contributed by atoms with Crippen LogP contribution in [0.5, 0.6) is 11.5 Å². The second-order valence-corrected chi connectivity index (χ2v) is 5.63. The maximum absolute atomic E-state index is 12.5. The number of amides is 1. The standard InChI is InChI=1S/C16H12ClNO5/c17-14(13(21)8-5-6-11(19)12(20)7-8)16(23)9-3-1-2-4-10(9)18-15(16)22/h1-7,14,19-20,23H,(H,18,22)/t14-,16+/m1/s1. The summed E-state index contributed by atoms with van der Waals surface area (Å²) < 4.78 is 0. The van der Waals surface area contributed by atoms with Crippen LogP contribution >= 0.6 is 11.6 Å². The van der Waals surface area contributed by atoms with Gasteiger partial charge in [-0.1, -0.05) is 18.2 Å². The molecule has 0 unspecified atom stereocenters. The minimum absolute atomic E-state index is 0.0362. The molecule has 1 amide bonds. The fourth-order valence-corrected chi connectivity index (χ4v) is 2.87. The number of hydrogen-bond acceptors (Lipinski definition) is 5. The Labute approximate surface area is 136 Å². The summed E-state index contributed by atoms with van der Waals surface area (Å²) >= 11 is 6.12. The van der Waals surface area contributed by atoms with Gasteiger partial charge in [-0.3, -0.25) is 9.59 Å². The molecule has 2 aromatic carbocycles. The first-order valence-electron chi connectivity index (χ1n) is 6.69. The average Bonchev–Trinajstić information content (AvgIpc) is 2.81. The molecule has 0 fully saturated rings. The van der Waals surface area contributed by atoms with E-state index in [2.05, 4.69) is 5.32 Å². The second kappa shape index (κ2) is 5.26. The van der Waals surface area contributed by atoms with Crippen molar-refractivity contribution in [2.75, 3.05) is 5.32 Å². The molecule has 0 radical (unpaired) electrons. The van der Waals surface area contributed by atoms with Gasteiger partial charge in [0.2, 0.25) is 0 Å². The van der Waals surface area contributed by atoms with Crippen LogP contribution in [0.25, 0.3) is 0 Å². The molecule has 0 saturated carbocycles. The lowest BCUT2D eigenvalue weighted by atomic mass is 9.87. The number of anilines is 1. The van der Waals surface area contributed by atoms with E-state index in [1.165, 1.54) is 12.1 Å². The van der Waals surface area contributed by atoms with Crippen molar-refractivity contribution in [3.63, 3.8) is 0 Å². The van der Waals surface area contributed by atoms with Gasteiger partial charge in [-0.2, -0.15) is 0 Å². The summed E-state index contributed by atoms with van der Waals surface area (Å²) in [5.41, 5.74) is -1.66. The highest BCUT2D eigenvalue weighted by Gasteiger charge is 2.53. The first-order valence-corrected chi connectivity index (χ1v) is 7.13. The van der Waals surface area contributed by atoms with E-state index in [0.717, 1.165) is 12.1 Å². The molecule has 0 aromatic heterocycles. The van der Waals surface area contributed by atoms with Gasteiger partial charge >= 0.3 is 0 Å². The summed E-state index contributed by atoms with van der Waals surface area (Å²) in [5, 5.41) is 30.4. The number of carbonyl (C=O) groups excluding carboxylic acids is 2. The molecule has 4 N–H and O–H groups in total. The highest BCUT2D eigenvalue weighted by Crippen LogP contribution is 2.41. The molecule has 7 heteroatoms. The normalized spacial score (nSPS) is 20.7. The number of nitrogens with one attached hydrogen (secondary N) is 1. The van der Waals surface area contributed by atoms with E-state index in [1.807, 2.05) is 0 Å². The van der Waals surface area contributed by atoms with Crippen LogP contribution in [-0.4, -0.2) is 32.4 Å². The first kappa shape index (κ1) is 15.3. The van der Waals surface area contributed by atoms with Gasteiger partial charge in [0.1, 0.15) is 5.38 Å². The van der Waals surface area contributed by atoms with Gasteiger partial charge in [0, 0.05) is 16.8 Å². The maximum atomic E-state index is 12.5. The van der Waals surface area contributed by atoms with Crippen LogP contribution in [0.15, 0.2) is 42.5 Å². The van der Waals surface area contributed by atoms with Crippen LogP contribution < -0.4 is 5.32 Å². The molecule has 0 bridgehead atoms. The predicted molar refractivity (Wildman–Crippen MR) is 82.7 cm³/mol. The van der Waals surface area contributed by atoms with Gasteiger partial charge in [0.15, 0.2) is 22.9 Å². The summed E-state index contributed by atoms with van der Waals surface area (Å²) in [4.78, 5) is 24.7. The Bertz CT molecular complexity index is 822. The van der Waals surface area contributed by atoms with E-state index < -0.39 is 34.2 Å². The van der Waals surface area contributed by atoms with Gasteiger partial charge in [-0.05, 0) is 24.3 Å². The van der Waals surface area contributed by atoms with Crippen LogP contribution in [0.1, 0.15) is 15.9 Å². The molecule has 118 valence electrons. The third-order valence-corrected chi connectivity index (χ3v) is 4.30. The molecule has 0 spiro atoms. The minimum Gasteiger partial charge on any atom is -0.504 e. The number of phenolic OH excluding ortho intramolecular Hbond substituents is 2. The second-order valence-electron chi connectivity index (χ2n) is 5.20. The van der Waals surface area contributed by atoms with Crippen LogP contribution in [0.3, 0.4) is 0 Å². The van der Waals surface area contributed by atoms with Crippen molar-refractivity contribution in [3.05, 3.63) is 53.6 Å². The number of alkyl halides is 1. The van der Waals surface area contributed by atoms with E-state index in [1.54, 1.807) is 18.2 Å². The van der Waals surface area contributed by atoms with Gasteiger partial charge in [0.25, 0.3) is 5.91 Å². The van der Waals surface area contributed by atoms with E-state index >= 15 is 0 Å². The lowest BCUT2D eigenvalue weighted by Gasteiger charge is -2.25. The number of fused-ring (bicyclic) bond motifs is 1. The highest BCUT2D eigenvalue weighted by molar-refractivity contribution is 6.37. The van der Waals surface area contributed by atoms with Crippen molar-refractivity contribution >= 4 is 29.0 Å². The molecular weight excluding hydrogens is 322 g/mol. The van der Waals surface area contributed by atoms with E-state index in [0.29, 0.717) is 5.69 Å². The molecule has 1 heterocycles. The smallest absolute Gasteiger partial charge is 0.263 e. The van der Waals surface area contributed by atoms with Crippen molar-refractivity contribution in [1.29, 1.82) is 0 Å². The topological polar surface area (TPSA) is 107 Å². The number of halogens is 1. The van der Waals surface area contributed by atoms with E-state index in [4.69, 9.17) is 11.6 Å². The van der Waals surface area contributed by atoms with Crippen LogP contribution in [0.2, 0.25) is 0 Å². The number of ketones is 1. The van der Waals surface area contributed by atoms with E-state index in [9.17, 15) is 24.9 Å². The Kier molecular flexibility index (Phi) is 3.50. The molecule has 23 heavy (non-hydrogen) atoms. The monoisotopic (exact) mass is 333 g/mol. The molecule has 2 aromatic rings. The number of phenols is 2. The SMILES string of the molecule is O=C(c1ccc(O)c(O)c1)[C@@H](Cl)[C@]1(O)C(=O)Nc2ccccc21. The van der Waals surface area contributed by atoms with Gasteiger partial charge in [-0.25, -0.2) is 0 Å². The lowest BCUT2D eigenvalue weighted by Crippen LogP contribution is -2.46. The molecule has 3 rings (SSSR count). The zero-order valence-corrected chi connectivity index (χ0v) is 12.4. The van der Waals surface area contributed by atoms with Crippen LogP contribution in [0.4, 0.5) is 5.69 Å². The lowest BCUT2D eigenvalue weighted by molar-refractivity contribution is -0.133. The van der Waals surface area contributed by atoms with Gasteiger partial charge < -0.3 is 20.6 Å². The number of aliphatic hydroxyl groups is 1. The van der Waals surface area contributed by atoms with Crippen molar-refractivity contribution in [2.24, 2.45) is 0 Å². The summed E-state index contributed by atoms with van der Waals surface area (Å²) in [5.74, 6) is -2.44. The fourth-order valence-electron chi connectivity index (χ4n) is 2.53. The Morgan fingerprint density at radius 1 is 1.13 bits per heavy atom. The third kappa shape index (κ3) is 2.23. The zero-order chi connectivity index (χ0) is 16.8. The highest BCUT2D eigenvalue weighted by atomic mass is 35.5. The molecule has 1 aliphatic rings. The average molecular weight is 334 g/mol. The Hall–Kier alpha value is -2.57. The van der Waals surface area contributed by atoms with Crippen molar-refractivity contribution in [1.82, 2.24) is 0 Å². The van der Waals surface area contributed by atoms with Crippen molar-refractivity contribution in [3.8, 4) is 11.5 Å². The van der Waals surface area contributed by atoms with Gasteiger partial charge in [-0.15, -0.1) is 11.6 Å². The number of para-hydroxylation sites is 1. The zero-order valence-electron chi connectivity index (χ0n) is 11.7. The Morgan fingerprint density at radius 3 is 2.52 bits per heavy atom.